The molecule has 178 valence electrons. The minimum absolute atomic E-state index is 0.0312. The Morgan fingerprint density at radius 1 is 0.944 bits per heavy atom. The molecule has 5 aromatic rings. The van der Waals surface area contributed by atoms with Crippen molar-refractivity contribution >= 4 is 56.1 Å². The van der Waals surface area contributed by atoms with Crippen LogP contribution in [0.2, 0.25) is 5.02 Å². The molecule has 7 nitrogen and oxygen atoms in total. The number of Topliss-reactive ketones (excluding diaryl/α,β-unsaturated/α-hetero) is 2. The summed E-state index contributed by atoms with van der Waals surface area (Å²) in [4.78, 5) is 30.9. The first-order valence-corrected chi connectivity index (χ1v) is 12.0. The Morgan fingerprint density at radius 2 is 1.78 bits per heavy atom. The van der Waals surface area contributed by atoms with E-state index in [9.17, 15) is 14.7 Å². The molecule has 0 atom stereocenters. The van der Waals surface area contributed by atoms with Gasteiger partial charge in [0.15, 0.2) is 11.6 Å². The molecule has 36 heavy (non-hydrogen) atoms. The summed E-state index contributed by atoms with van der Waals surface area (Å²) in [6.45, 7) is 0.529. The Kier molecular flexibility index (Phi) is 5.51. The van der Waals surface area contributed by atoms with Crippen LogP contribution in [-0.2, 0) is 16.1 Å². The van der Waals surface area contributed by atoms with Gasteiger partial charge in [0, 0.05) is 52.5 Å². The topological polar surface area (TPSA) is 90.0 Å². The Bertz CT molecular complexity index is 1700. The van der Waals surface area contributed by atoms with E-state index < -0.39 is 0 Å². The first-order chi connectivity index (χ1) is 17.6. The van der Waals surface area contributed by atoms with Crippen LogP contribution in [-0.4, -0.2) is 42.6 Å². The number of hydrogen-bond acceptors (Lipinski definition) is 5. The average molecular weight is 497 g/mol. The molecule has 0 saturated carbocycles. The first-order valence-electron chi connectivity index (χ1n) is 11.7. The fourth-order valence-corrected chi connectivity index (χ4v) is 5.12. The van der Waals surface area contributed by atoms with Crippen molar-refractivity contribution in [3.63, 3.8) is 0 Å². The Balaban J connectivity index is 1.65. The second kappa shape index (κ2) is 8.86. The van der Waals surface area contributed by atoms with E-state index in [1.807, 2.05) is 59.3 Å². The van der Waals surface area contributed by atoms with Gasteiger partial charge in [-0.1, -0.05) is 29.8 Å². The smallest absolute Gasteiger partial charge is 0.173 e. The van der Waals surface area contributed by atoms with Crippen LogP contribution in [0.25, 0.3) is 38.6 Å². The highest BCUT2D eigenvalue weighted by molar-refractivity contribution is 6.52. The van der Waals surface area contributed by atoms with Crippen LogP contribution in [0.15, 0.2) is 73.2 Å². The van der Waals surface area contributed by atoms with Gasteiger partial charge in [-0.3, -0.25) is 19.3 Å². The maximum atomic E-state index is 13.4. The predicted molar refractivity (Wildman–Crippen MR) is 139 cm³/mol. The third-order valence-corrected chi connectivity index (χ3v) is 6.75. The van der Waals surface area contributed by atoms with Gasteiger partial charge in [-0.25, -0.2) is 0 Å². The van der Waals surface area contributed by atoms with Crippen LogP contribution < -0.4 is 0 Å². The fourth-order valence-electron chi connectivity index (χ4n) is 4.95. The third kappa shape index (κ3) is 3.56. The number of carbonyl (C=O) groups excluding carboxylic acids is 2. The Morgan fingerprint density at radius 3 is 2.58 bits per heavy atom. The summed E-state index contributed by atoms with van der Waals surface area (Å²) in [5.74, 6) is -0.494. The van der Waals surface area contributed by atoms with Gasteiger partial charge in [0.25, 0.3) is 0 Å². The second-order valence-electron chi connectivity index (χ2n) is 8.72. The molecule has 0 bridgehead atoms. The van der Waals surface area contributed by atoms with Crippen molar-refractivity contribution in [2.45, 2.75) is 19.4 Å². The largest absolute Gasteiger partial charge is 0.396 e. The van der Waals surface area contributed by atoms with E-state index in [0.717, 1.165) is 27.5 Å². The van der Waals surface area contributed by atoms with E-state index in [2.05, 4.69) is 4.98 Å². The van der Waals surface area contributed by atoms with E-state index in [0.29, 0.717) is 40.4 Å². The number of fused-ring (bicyclic) bond motifs is 2. The molecule has 0 aliphatic heterocycles. The first kappa shape index (κ1) is 22.4. The number of rotatable bonds is 6. The van der Waals surface area contributed by atoms with Crippen LogP contribution in [0, 0.1) is 0 Å². The Labute approximate surface area is 211 Å². The van der Waals surface area contributed by atoms with Crippen molar-refractivity contribution in [1.82, 2.24) is 19.3 Å². The lowest BCUT2D eigenvalue weighted by Crippen LogP contribution is -2.03. The van der Waals surface area contributed by atoms with Crippen molar-refractivity contribution in [2.75, 3.05) is 6.61 Å². The normalized spacial score (nSPS) is 14.1. The predicted octanol–water partition coefficient (Wildman–Crippen LogP) is 4.86. The number of aromatic nitrogens is 4. The average Bonchev–Trinajstić information content (AvgIpc) is 3.53. The molecule has 1 aliphatic rings. The lowest BCUT2D eigenvalue weighted by molar-refractivity contribution is -0.119. The van der Waals surface area contributed by atoms with Gasteiger partial charge in [0.05, 0.1) is 34.9 Å². The van der Waals surface area contributed by atoms with E-state index in [4.69, 9.17) is 16.7 Å². The molecule has 0 unspecified atom stereocenters. The zero-order chi connectivity index (χ0) is 24.8. The van der Waals surface area contributed by atoms with Gasteiger partial charge in [0.2, 0.25) is 0 Å². The van der Waals surface area contributed by atoms with Crippen LogP contribution in [0.5, 0.6) is 0 Å². The summed E-state index contributed by atoms with van der Waals surface area (Å²) in [5, 5.41) is 16.2. The van der Waals surface area contributed by atoms with Crippen molar-refractivity contribution in [3.05, 3.63) is 89.5 Å². The summed E-state index contributed by atoms with van der Waals surface area (Å²) < 4.78 is 3.74. The summed E-state index contributed by atoms with van der Waals surface area (Å²) in [7, 11) is 0. The minimum atomic E-state index is -0.253. The molecule has 0 amide bonds. The number of halogens is 1. The fraction of sp³-hybridized carbons (Fsp3) is 0.143. The number of aliphatic hydroxyl groups is 1. The van der Waals surface area contributed by atoms with Crippen LogP contribution in [0.3, 0.4) is 0 Å². The maximum Gasteiger partial charge on any atom is 0.173 e. The van der Waals surface area contributed by atoms with Crippen molar-refractivity contribution in [1.29, 1.82) is 0 Å². The lowest BCUT2D eigenvalue weighted by atomic mass is 9.97. The molecule has 3 heterocycles. The van der Waals surface area contributed by atoms with E-state index in [1.54, 1.807) is 23.1 Å². The van der Waals surface area contributed by atoms with Crippen molar-refractivity contribution in [2.24, 2.45) is 0 Å². The van der Waals surface area contributed by atoms with E-state index in [1.165, 1.54) is 0 Å². The van der Waals surface area contributed by atoms with Gasteiger partial charge in [-0.15, -0.1) is 0 Å². The lowest BCUT2D eigenvalue weighted by Gasteiger charge is -2.04. The summed E-state index contributed by atoms with van der Waals surface area (Å²) in [6, 6.07) is 16.9. The molecule has 0 radical (unpaired) electrons. The zero-order valence-electron chi connectivity index (χ0n) is 19.2. The SMILES string of the molecule is O=C1CC(=O)C(c2nn(CCCO)c3ccccc23)=C1c1cn(-c2cccnc2)c2ccc(Cl)cc12. The van der Waals surface area contributed by atoms with Crippen LogP contribution in [0.1, 0.15) is 24.1 Å². The molecule has 0 saturated heterocycles. The number of hydrogen-bond donors (Lipinski definition) is 1. The summed E-state index contributed by atoms with van der Waals surface area (Å²) >= 11 is 6.38. The minimum Gasteiger partial charge on any atom is -0.396 e. The highest BCUT2D eigenvalue weighted by Crippen LogP contribution is 2.41. The number of allylic oxidation sites excluding steroid dienone is 2. The molecule has 0 spiro atoms. The second-order valence-corrected chi connectivity index (χ2v) is 9.16. The molecule has 3 aromatic heterocycles. The molecule has 8 heteroatoms. The van der Waals surface area contributed by atoms with Gasteiger partial charge < -0.3 is 9.67 Å². The van der Waals surface area contributed by atoms with Crippen molar-refractivity contribution < 1.29 is 14.7 Å². The molecular formula is C28H21ClN4O3. The number of pyridine rings is 1. The van der Waals surface area contributed by atoms with E-state index in [-0.39, 0.29) is 24.6 Å². The summed E-state index contributed by atoms with van der Waals surface area (Å²) in [6.07, 6.45) is 5.63. The van der Waals surface area contributed by atoms with Crippen molar-refractivity contribution in [3.8, 4) is 5.69 Å². The number of aryl methyl sites for hydroxylation is 1. The maximum absolute atomic E-state index is 13.4. The molecule has 1 aliphatic carbocycles. The van der Waals surface area contributed by atoms with Gasteiger partial charge in [-0.2, -0.15) is 5.10 Å². The molecule has 2 aromatic carbocycles. The summed E-state index contributed by atoms with van der Waals surface area (Å²) in [5.41, 5.74) is 4.32. The van der Waals surface area contributed by atoms with Crippen LogP contribution in [0.4, 0.5) is 0 Å². The van der Waals surface area contributed by atoms with Gasteiger partial charge in [-0.05, 0) is 42.8 Å². The number of carbonyl (C=O) groups is 2. The number of ketones is 2. The monoisotopic (exact) mass is 496 g/mol. The molecule has 1 N–H and O–H groups in total. The number of aliphatic hydroxyl groups excluding tert-OH is 1. The highest BCUT2D eigenvalue weighted by atomic mass is 35.5. The van der Waals surface area contributed by atoms with E-state index >= 15 is 0 Å². The Hall–Kier alpha value is -4.07. The number of nitrogens with zero attached hydrogens (tertiary/aromatic N) is 4. The van der Waals surface area contributed by atoms with Gasteiger partial charge in [0.1, 0.15) is 5.69 Å². The standard InChI is InChI=1S/C28H21ClN4O3/c29-17-8-9-22-20(13-17)21(16-32(22)18-5-3-10-30-15-18)26-24(35)14-25(36)27(26)28-19-6-1-2-7-23(19)33(31-28)11-4-12-34/h1-3,5-10,13,15-16,34H,4,11-12,14H2. The van der Waals surface area contributed by atoms with Gasteiger partial charge >= 0.3 is 0 Å². The molecule has 6 rings (SSSR count). The quantitative estimate of drug-likeness (QED) is 0.339. The highest BCUT2D eigenvalue weighted by Gasteiger charge is 2.36. The molecule has 0 fully saturated rings. The number of para-hydroxylation sites is 1. The zero-order valence-corrected chi connectivity index (χ0v) is 19.9. The third-order valence-electron chi connectivity index (χ3n) is 6.51. The molecular weight excluding hydrogens is 476 g/mol. The van der Waals surface area contributed by atoms with Crippen LogP contribution >= 0.6 is 11.6 Å². The number of benzene rings is 2.